The molecule has 0 amide bonds. The van der Waals surface area contributed by atoms with Crippen molar-refractivity contribution in [1.82, 2.24) is 0 Å². The molecule has 13 heavy (non-hydrogen) atoms. The molecule has 0 aromatic heterocycles. The molecule has 1 aromatic carbocycles. The van der Waals surface area contributed by atoms with Crippen LogP contribution in [0.2, 0.25) is 0 Å². The van der Waals surface area contributed by atoms with Crippen LogP contribution < -0.4 is 0 Å². The Morgan fingerprint density at radius 1 is 1.31 bits per heavy atom. The normalized spacial score (nSPS) is 19.8. The third-order valence-electron chi connectivity index (χ3n) is 2.32. The summed E-state index contributed by atoms with van der Waals surface area (Å²) in [6.07, 6.45) is 3.06. The minimum atomic E-state index is 0.260. The van der Waals surface area contributed by atoms with Gasteiger partial charge in [0.15, 0.2) is 0 Å². The molecule has 1 atom stereocenters. The Morgan fingerprint density at radius 2 is 2.08 bits per heavy atom. The van der Waals surface area contributed by atoms with Crippen molar-refractivity contribution in [3.8, 4) is 0 Å². The summed E-state index contributed by atoms with van der Waals surface area (Å²) in [5, 5.41) is 0. The van der Waals surface area contributed by atoms with Crippen molar-refractivity contribution in [2.45, 2.75) is 19.3 Å². The molecule has 1 unspecified atom stereocenters. The van der Waals surface area contributed by atoms with Crippen LogP contribution >= 0.6 is 0 Å². The predicted octanol–water partition coefficient (Wildman–Crippen LogP) is 2.06. The Morgan fingerprint density at radius 3 is 2.69 bits per heavy atom. The number of benzene rings is 1. The monoisotopic (exact) mass is 169 g/mol. The van der Waals surface area contributed by atoms with Crippen LogP contribution in [0.4, 0.5) is 0 Å². The van der Waals surface area contributed by atoms with Crippen molar-refractivity contribution in [3.63, 3.8) is 0 Å². The molecule has 1 heterocycles. The summed E-state index contributed by atoms with van der Waals surface area (Å²) in [4.78, 5) is 4.44. The van der Waals surface area contributed by atoms with E-state index in [1.54, 1.807) is 0 Å². The Bertz CT molecular complexity index is 340. The molecule has 1 aromatic rings. The third kappa shape index (κ3) is 1.77. The zero-order valence-electron chi connectivity index (χ0n) is 7.77. The van der Waals surface area contributed by atoms with Crippen LogP contribution in [-0.2, 0) is 0 Å². The predicted molar refractivity (Wildman–Crippen MR) is 58.7 cm³/mol. The van der Waals surface area contributed by atoms with Crippen molar-refractivity contribution >= 4 is 18.6 Å². The van der Waals surface area contributed by atoms with Gasteiger partial charge in [0.1, 0.15) is 0 Å². The minimum absolute atomic E-state index is 0.260. The summed E-state index contributed by atoms with van der Waals surface area (Å²) >= 11 is 0. The van der Waals surface area contributed by atoms with Gasteiger partial charge >= 0.3 is 78.8 Å². The first-order chi connectivity index (χ1) is 6.40. The van der Waals surface area contributed by atoms with E-state index in [0.717, 1.165) is 6.42 Å². The SMILES string of the molecule is CCC1=BC(c2ccccc2)N=C1. The number of aliphatic imine (C=N–C) groups is 1. The van der Waals surface area contributed by atoms with E-state index in [9.17, 15) is 0 Å². The third-order valence-corrected chi connectivity index (χ3v) is 2.32. The molecular formula is C11H12BN. The molecular weight excluding hydrogens is 157 g/mol. The van der Waals surface area contributed by atoms with Crippen molar-refractivity contribution in [2.75, 3.05) is 0 Å². The van der Waals surface area contributed by atoms with E-state index in [1.165, 1.54) is 11.0 Å². The van der Waals surface area contributed by atoms with E-state index < -0.39 is 0 Å². The molecule has 0 spiro atoms. The summed E-state index contributed by atoms with van der Waals surface area (Å²) in [6, 6.07) is 10.4. The second kappa shape index (κ2) is 3.69. The first kappa shape index (κ1) is 8.42. The Hall–Kier alpha value is -1.18. The van der Waals surface area contributed by atoms with E-state index in [1.807, 2.05) is 12.3 Å². The Kier molecular flexibility index (Phi) is 2.39. The van der Waals surface area contributed by atoms with Crippen molar-refractivity contribution in [3.05, 3.63) is 35.9 Å². The standard InChI is InChI=1S/C11H12BN/c1-2-10-8-13-11(12-10)9-6-4-3-5-7-9/h3-8,11H,2H2,1H3. The van der Waals surface area contributed by atoms with E-state index >= 15 is 0 Å². The zero-order valence-corrected chi connectivity index (χ0v) is 7.77. The van der Waals surface area contributed by atoms with Crippen LogP contribution in [0.5, 0.6) is 0 Å². The summed E-state index contributed by atoms with van der Waals surface area (Å²) < 4.78 is 0. The van der Waals surface area contributed by atoms with Gasteiger partial charge in [-0.05, 0) is 0 Å². The second-order valence-electron chi connectivity index (χ2n) is 3.23. The molecule has 2 heteroatoms. The fraction of sp³-hybridized carbons (Fsp3) is 0.273. The molecule has 1 aliphatic heterocycles. The molecule has 0 fully saturated rings. The first-order valence-electron chi connectivity index (χ1n) is 4.69. The molecule has 1 aliphatic rings. The van der Waals surface area contributed by atoms with Gasteiger partial charge in [0.05, 0.1) is 0 Å². The molecule has 2 rings (SSSR count). The second-order valence-corrected chi connectivity index (χ2v) is 3.23. The van der Waals surface area contributed by atoms with Gasteiger partial charge in [0.25, 0.3) is 0 Å². The van der Waals surface area contributed by atoms with Crippen LogP contribution in [0.25, 0.3) is 0 Å². The van der Waals surface area contributed by atoms with E-state index in [-0.39, 0.29) is 5.94 Å². The molecule has 64 valence electrons. The summed E-state index contributed by atoms with van der Waals surface area (Å²) in [6.45, 7) is 4.39. The van der Waals surface area contributed by atoms with Gasteiger partial charge in [-0.15, -0.1) is 0 Å². The average molecular weight is 169 g/mol. The van der Waals surface area contributed by atoms with Crippen LogP contribution in [-0.4, -0.2) is 18.6 Å². The quantitative estimate of drug-likeness (QED) is 0.600. The van der Waals surface area contributed by atoms with Gasteiger partial charge in [0, 0.05) is 0 Å². The van der Waals surface area contributed by atoms with Crippen molar-refractivity contribution < 1.29 is 0 Å². The Labute approximate surface area is 79.4 Å². The van der Waals surface area contributed by atoms with Gasteiger partial charge in [-0.3, -0.25) is 0 Å². The van der Waals surface area contributed by atoms with Crippen LogP contribution in [0.1, 0.15) is 24.8 Å². The van der Waals surface area contributed by atoms with Crippen LogP contribution in [0.3, 0.4) is 0 Å². The van der Waals surface area contributed by atoms with Gasteiger partial charge in [-0.25, -0.2) is 0 Å². The van der Waals surface area contributed by atoms with E-state index in [0.29, 0.717) is 0 Å². The van der Waals surface area contributed by atoms with Gasteiger partial charge in [-0.1, -0.05) is 0 Å². The maximum atomic E-state index is 4.44. The Balaban J connectivity index is 2.22. The van der Waals surface area contributed by atoms with Gasteiger partial charge in [-0.2, -0.15) is 0 Å². The summed E-state index contributed by atoms with van der Waals surface area (Å²) in [5.41, 5.74) is 2.62. The van der Waals surface area contributed by atoms with Crippen molar-refractivity contribution in [1.29, 1.82) is 0 Å². The molecule has 0 radical (unpaired) electrons. The number of hydrogen-bond acceptors (Lipinski definition) is 1. The fourth-order valence-corrected chi connectivity index (χ4v) is 1.51. The van der Waals surface area contributed by atoms with Gasteiger partial charge < -0.3 is 0 Å². The number of nitrogens with zero attached hydrogens (tertiary/aromatic N) is 1. The molecule has 0 bridgehead atoms. The summed E-state index contributed by atoms with van der Waals surface area (Å²) in [7, 11) is 0. The number of hydrogen-bond donors (Lipinski definition) is 0. The molecule has 0 N–H and O–H groups in total. The van der Waals surface area contributed by atoms with Crippen molar-refractivity contribution in [2.24, 2.45) is 4.99 Å². The van der Waals surface area contributed by atoms with E-state index in [4.69, 9.17) is 0 Å². The van der Waals surface area contributed by atoms with Crippen LogP contribution in [0, 0.1) is 0 Å². The molecule has 0 aliphatic carbocycles. The fourth-order valence-electron chi connectivity index (χ4n) is 1.51. The van der Waals surface area contributed by atoms with Gasteiger partial charge in [0.2, 0.25) is 0 Å². The average Bonchev–Trinajstić information content (AvgIpc) is 2.67. The molecule has 0 saturated carbocycles. The molecule has 1 nitrogen and oxygen atoms in total. The van der Waals surface area contributed by atoms with E-state index in [2.05, 4.69) is 43.1 Å². The zero-order chi connectivity index (χ0) is 9.10. The maximum absolute atomic E-state index is 4.44. The first-order valence-corrected chi connectivity index (χ1v) is 4.69. The topological polar surface area (TPSA) is 12.4 Å². The van der Waals surface area contributed by atoms with Crippen LogP contribution in [0.15, 0.2) is 35.3 Å². The number of rotatable bonds is 2. The summed E-state index contributed by atoms with van der Waals surface area (Å²) in [5.74, 6) is 0.260. The molecule has 0 saturated heterocycles.